The van der Waals surface area contributed by atoms with E-state index in [-0.39, 0.29) is 5.91 Å². The summed E-state index contributed by atoms with van der Waals surface area (Å²) in [6.07, 6.45) is 0.388. The van der Waals surface area contributed by atoms with Gasteiger partial charge in [-0.25, -0.2) is 0 Å². The molecule has 0 aromatic heterocycles. The van der Waals surface area contributed by atoms with Gasteiger partial charge in [-0.05, 0) is 32.0 Å². The average Bonchev–Trinajstić information content (AvgIpc) is 2.37. The van der Waals surface area contributed by atoms with Crippen molar-refractivity contribution in [1.29, 1.82) is 0 Å². The SMILES string of the molecule is CCNCCNC(=O)CCOc1ccc(C)cc1C. The molecule has 0 bridgehead atoms. The fraction of sp³-hybridized carbons (Fsp3) is 0.533. The summed E-state index contributed by atoms with van der Waals surface area (Å²) in [5, 5.41) is 6.00. The molecule has 1 aromatic rings. The maximum Gasteiger partial charge on any atom is 0.223 e. The molecule has 1 amide bonds. The van der Waals surface area contributed by atoms with Crippen LogP contribution in [0.15, 0.2) is 18.2 Å². The van der Waals surface area contributed by atoms with Crippen LogP contribution in [0.2, 0.25) is 0 Å². The van der Waals surface area contributed by atoms with Gasteiger partial charge in [0.1, 0.15) is 5.75 Å². The van der Waals surface area contributed by atoms with E-state index in [1.165, 1.54) is 5.56 Å². The summed E-state index contributed by atoms with van der Waals surface area (Å²) in [4.78, 5) is 11.5. The minimum atomic E-state index is 0.0302. The van der Waals surface area contributed by atoms with Gasteiger partial charge in [0.2, 0.25) is 5.91 Å². The summed E-state index contributed by atoms with van der Waals surface area (Å²) in [6.45, 7) is 8.91. The molecule has 0 aliphatic rings. The first-order valence-electron chi connectivity index (χ1n) is 6.81. The minimum Gasteiger partial charge on any atom is -0.493 e. The number of amides is 1. The molecule has 0 saturated carbocycles. The Balaban J connectivity index is 2.20. The minimum absolute atomic E-state index is 0.0302. The smallest absolute Gasteiger partial charge is 0.223 e. The number of ether oxygens (including phenoxy) is 1. The fourth-order valence-corrected chi connectivity index (χ4v) is 1.77. The molecule has 0 unspecified atom stereocenters. The fourth-order valence-electron chi connectivity index (χ4n) is 1.77. The molecule has 0 aliphatic carbocycles. The van der Waals surface area contributed by atoms with Crippen LogP contribution in [-0.4, -0.2) is 32.1 Å². The van der Waals surface area contributed by atoms with Crippen LogP contribution in [0.5, 0.6) is 5.75 Å². The van der Waals surface area contributed by atoms with E-state index in [0.717, 1.165) is 24.4 Å². The molecule has 2 N–H and O–H groups in total. The number of carbonyl (C=O) groups is 1. The zero-order chi connectivity index (χ0) is 14.1. The van der Waals surface area contributed by atoms with Crippen molar-refractivity contribution in [1.82, 2.24) is 10.6 Å². The predicted molar refractivity (Wildman–Crippen MR) is 77.6 cm³/mol. The highest BCUT2D eigenvalue weighted by Gasteiger charge is 2.03. The van der Waals surface area contributed by atoms with Gasteiger partial charge in [0.05, 0.1) is 13.0 Å². The molecule has 0 heterocycles. The van der Waals surface area contributed by atoms with E-state index in [0.29, 0.717) is 19.6 Å². The van der Waals surface area contributed by atoms with Crippen LogP contribution < -0.4 is 15.4 Å². The maximum atomic E-state index is 11.5. The third-order valence-corrected chi connectivity index (χ3v) is 2.79. The molecule has 4 heteroatoms. The third-order valence-electron chi connectivity index (χ3n) is 2.79. The monoisotopic (exact) mass is 264 g/mol. The second kappa shape index (κ2) is 8.53. The van der Waals surface area contributed by atoms with Crippen molar-refractivity contribution < 1.29 is 9.53 Å². The number of likely N-dealkylation sites (N-methyl/N-ethyl adjacent to an activating group) is 1. The van der Waals surface area contributed by atoms with Crippen molar-refractivity contribution in [3.8, 4) is 5.75 Å². The molecular weight excluding hydrogens is 240 g/mol. The van der Waals surface area contributed by atoms with E-state index in [9.17, 15) is 4.79 Å². The number of carbonyl (C=O) groups excluding carboxylic acids is 1. The second-order valence-electron chi connectivity index (χ2n) is 4.57. The van der Waals surface area contributed by atoms with Crippen LogP contribution in [0.3, 0.4) is 0 Å². The maximum absolute atomic E-state index is 11.5. The molecule has 0 saturated heterocycles. The van der Waals surface area contributed by atoms with Gasteiger partial charge in [0, 0.05) is 13.1 Å². The topological polar surface area (TPSA) is 50.4 Å². The number of hydrogen-bond donors (Lipinski definition) is 2. The summed E-state index contributed by atoms with van der Waals surface area (Å²) in [6, 6.07) is 6.04. The highest BCUT2D eigenvalue weighted by molar-refractivity contribution is 5.75. The summed E-state index contributed by atoms with van der Waals surface area (Å²) >= 11 is 0. The lowest BCUT2D eigenvalue weighted by atomic mass is 10.1. The van der Waals surface area contributed by atoms with E-state index in [1.807, 2.05) is 26.0 Å². The zero-order valence-electron chi connectivity index (χ0n) is 12.1. The Hall–Kier alpha value is -1.55. The van der Waals surface area contributed by atoms with Gasteiger partial charge in [-0.1, -0.05) is 24.6 Å². The van der Waals surface area contributed by atoms with Gasteiger partial charge in [-0.15, -0.1) is 0 Å². The molecule has 1 rings (SSSR count). The van der Waals surface area contributed by atoms with Crippen LogP contribution in [0.4, 0.5) is 0 Å². The highest BCUT2D eigenvalue weighted by Crippen LogP contribution is 2.18. The van der Waals surface area contributed by atoms with Crippen molar-refractivity contribution in [2.24, 2.45) is 0 Å². The van der Waals surface area contributed by atoms with Crippen molar-refractivity contribution in [2.45, 2.75) is 27.2 Å². The summed E-state index contributed by atoms with van der Waals surface area (Å²) in [7, 11) is 0. The Bertz CT molecular complexity index is 405. The molecule has 0 atom stereocenters. The first-order chi connectivity index (χ1) is 9.13. The molecule has 106 valence electrons. The standard InChI is InChI=1S/C15H24N2O2/c1-4-16-8-9-17-15(18)7-10-19-14-6-5-12(2)11-13(14)3/h5-6,11,16H,4,7-10H2,1-3H3,(H,17,18). The van der Waals surface area contributed by atoms with E-state index in [2.05, 4.69) is 23.6 Å². The Morgan fingerprint density at radius 3 is 2.74 bits per heavy atom. The molecular formula is C15H24N2O2. The first kappa shape index (κ1) is 15.5. The van der Waals surface area contributed by atoms with E-state index >= 15 is 0 Å². The summed E-state index contributed by atoms with van der Waals surface area (Å²) < 4.78 is 5.61. The lowest BCUT2D eigenvalue weighted by Crippen LogP contribution is -2.32. The van der Waals surface area contributed by atoms with Crippen LogP contribution >= 0.6 is 0 Å². The lowest BCUT2D eigenvalue weighted by Gasteiger charge is -2.10. The Labute approximate surface area is 115 Å². The quantitative estimate of drug-likeness (QED) is 0.704. The van der Waals surface area contributed by atoms with Crippen LogP contribution in [-0.2, 0) is 4.79 Å². The van der Waals surface area contributed by atoms with Crippen LogP contribution in [0.25, 0.3) is 0 Å². The largest absolute Gasteiger partial charge is 0.493 e. The van der Waals surface area contributed by atoms with Crippen LogP contribution in [0, 0.1) is 13.8 Å². The molecule has 1 aromatic carbocycles. The van der Waals surface area contributed by atoms with Gasteiger partial charge in [0.25, 0.3) is 0 Å². The predicted octanol–water partition coefficient (Wildman–Crippen LogP) is 1.80. The number of aryl methyl sites for hydroxylation is 2. The first-order valence-corrected chi connectivity index (χ1v) is 6.81. The molecule has 0 spiro atoms. The van der Waals surface area contributed by atoms with Gasteiger partial charge in [-0.2, -0.15) is 0 Å². The average molecular weight is 264 g/mol. The summed E-state index contributed by atoms with van der Waals surface area (Å²) in [5.74, 6) is 0.883. The van der Waals surface area contributed by atoms with E-state index in [4.69, 9.17) is 4.74 Å². The Morgan fingerprint density at radius 1 is 1.26 bits per heavy atom. The zero-order valence-corrected chi connectivity index (χ0v) is 12.1. The Morgan fingerprint density at radius 2 is 2.05 bits per heavy atom. The normalized spacial score (nSPS) is 10.3. The van der Waals surface area contributed by atoms with Crippen molar-refractivity contribution in [3.63, 3.8) is 0 Å². The third kappa shape index (κ3) is 6.25. The van der Waals surface area contributed by atoms with Crippen LogP contribution in [0.1, 0.15) is 24.5 Å². The number of rotatable bonds is 8. The van der Waals surface area contributed by atoms with Gasteiger partial charge < -0.3 is 15.4 Å². The second-order valence-corrected chi connectivity index (χ2v) is 4.57. The molecule has 0 fully saturated rings. The van der Waals surface area contributed by atoms with Crippen molar-refractivity contribution in [3.05, 3.63) is 29.3 Å². The molecule has 0 radical (unpaired) electrons. The highest BCUT2D eigenvalue weighted by atomic mass is 16.5. The molecule has 4 nitrogen and oxygen atoms in total. The molecule has 0 aliphatic heterocycles. The number of benzene rings is 1. The Kier molecular flexibility index (Phi) is 6.97. The molecule has 19 heavy (non-hydrogen) atoms. The van der Waals surface area contributed by atoms with E-state index < -0.39 is 0 Å². The van der Waals surface area contributed by atoms with Gasteiger partial charge in [0.15, 0.2) is 0 Å². The van der Waals surface area contributed by atoms with Gasteiger partial charge >= 0.3 is 0 Å². The van der Waals surface area contributed by atoms with E-state index in [1.54, 1.807) is 0 Å². The van der Waals surface area contributed by atoms with Gasteiger partial charge in [-0.3, -0.25) is 4.79 Å². The summed E-state index contributed by atoms with van der Waals surface area (Å²) in [5.41, 5.74) is 2.32. The lowest BCUT2D eigenvalue weighted by molar-refractivity contribution is -0.121. The van der Waals surface area contributed by atoms with Crippen molar-refractivity contribution in [2.75, 3.05) is 26.2 Å². The number of hydrogen-bond acceptors (Lipinski definition) is 3. The number of nitrogens with one attached hydrogen (secondary N) is 2. The van der Waals surface area contributed by atoms with Crippen molar-refractivity contribution >= 4 is 5.91 Å².